The number of nitrogen functional groups attached to an aromatic ring is 1. The Kier molecular flexibility index (Phi) is 3.66. The molecule has 1 heterocycles. The summed E-state index contributed by atoms with van der Waals surface area (Å²) in [6.07, 6.45) is 1.62. The fraction of sp³-hybridized carbons (Fsp3) is 0.143. The summed E-state index contributed by atoms with van der Waals surface area (Å²) in [6, 6.07) is 8.76. The van der Waals surface area contributed by atoms with Crippen molar-refractivity contribution in [2.24, 2.45) is 0 Å². The van der Waals surface area contributed by atoms with Crippen molar-refractivity contribution in [2.45, 2.75) is 6.92 Å². The van der Waals surface area contributed by atoms with Crippen LogP contribution < -0.4 is 15.8 Å². The molecule has 98 valence electrons. The summed E-state index contributed by atoms with van der Waals surface area (Å²) in [7, 11) is 1.50. The first kappa shape index (κ1) is 12.9. The van der Waals surface area contributed by atoms with E-state index >= 15 is 0 Å². The summed E-state index contributed by atoms with van der Waals surface area (Å²) >= 11 is 0. The number of amides is 1. The van der Waals surface area contributed by atoms with Crippen LogP contribution in [0, 0.1) is 6.92 Å². The third-order valence-electron chi connectivity index (χ3n) is 2.75. The largest absolute Gasteiger partial charge is 0.496 e. The van der Waals surface area contributed by atoms with Crippen LogP contribution in [0.4, 0.5) is 11.5 Å². The van der Waals surface area contributed by atoms with E-state index in [1.54, 1.807) is 24.4 Å². The van der Waals surface area contributed by atoms with Gasteiger partial charge in [-0.3, -0.25) is 4.79 Å². The SMILES string of the molecule is COc1cccc(N)c1C(=O)Nc1ncccc1C. The number of carbonyl (C=O) groups excluding carboxylic acids is 1. The number of benzene rings is 1. The second-order valence-corrected chi connectivity index (χ2v) is 4.05. The predicted molar refractivity (Wildman–Crippen MR) is 74.3 cm³/mol. The minimum Gasteiger partial charge on any atom is -0.496 e. The van der Waals surface area contributed by atoms with Crippen molar-refractivity contribution < 1.29 is 9.53 Å². The molecule has 1 aromatic carbocycles. The molecule has 0 aliphatic heterocycles. The highest BCUT2D eigenvalue weighted by molar-refractivity contribution is 6.09. The number of nitrogens with two attached hydrogens (primary N) is 1. The molecule has 0 aliphatic rings. The normalized spacial score (nSPS) is 10.0. The third-order valence-corrected chi connectivity index (χ3v) is 2.75. The van der Waals surface area contributed by atoms with E-state index in [9.17, 15) is 4.79 Å². The summed E-state index contributed by atoms with van der Waals surface area (Å²) in [6.45, 7) is 1.87. The molecule has 0 fully saturated rings. The minimum absolute atomic E-state index is 0.315. The second-order valence-electron chi connectivity index (χ2n) is 4.05. The van der Waals surface area contributed by atoms with Crippen LogP contribution >= 0.6 is 0 Å². The topological polar surface area (TPSA) is 77.2 Å². The molecule has 0 saturated heterocycles. The Morgan fingerprint density at radius 1 is 1.32 bits per heavy atom. The number of aryl methyl sites for hydroxylation is 1. The Morgan fingerprint density at radius 3 is 2.79 bits per heavy atom. The van der Waals surface area contributed by atoms with Crippen molar-refractivity contribution in [3.8, 4) is 5.75 Å². The summed E-state index contributed by atoms with van der Waals surface area (Å²) in [5.41, 5.74) is 7.39. The monoisotopic (exact) mass is 257 g/mol. The smallest absolute Gasteiger partial charge is 0.262 e. The Balaban J connectivity index is 2.33. The lowest BCUT2D eigenvalue weighted by molar-refractivity contribution is 0.102. The molecular weight excluding hydrogens is 242 g/mol. The van der Waals surface area contributed by atoms with Crippen LogP contribution in [0.15, 0.2) is 36.5 Å². The van der Waals surface area contributed by atoms with E-state index in [2.05, 4.69) is 10.3 Å². The standard InChI is InChI=1S/C14H15N3O2/c1-9-5-4-8-16-13(9)17-14(18)12-10(15)6-3-7-11(12)19-2/h3-8H,15H2,1-2H3,(H,16,17,18). The maximum absolute atomic E-state index is 12.3. The summed E-state index contributed by atoms with van der Waals surface area (Å²) in [5, 5.41) is 2.73. The minimum atomic E-state index is -0.336. The molecule has 19 heavy (non-hydrogen) atoms. The zero-order valence-corrected chi connectivity index (χ0v) is 10.8. The number of hydrogen-bond donors (Lipinski definition) is 2. The number of carbonyl (C=O) groups is 1. The predicted octanol–water partition coefficient (Wildman–Crippen LogP) is 2.23. The summed E-state index contributed by atoms with van der Waals surface area (Å²) < 4.78 is 5.15. The average Bonchev–Trinajstić information content (AvgIpc) is 2.40. The van der Waals surface area contributed by atoms with E-state index < -0.39 is 0 Å². The van der Waals surface area contributed by atoms with Gasteiger partial charge in [0.25, 0.3) is 5.91 Å². The molecule has 0 aliphatic carbocycles. The fourth-order valence-corrected chi connectivity index (χ4v) is 1.75. The van der Waals surface area contributed by atoms with Crippen LogP contribution in [0.3, 0.4) is 0 Å². The van der Waals surface area contributed by atoms with Gasteiger partial charge >= 0.3 is 0 Å². The lowest BCUT2D eigenvalue weighted by Crippen LogP contribution is -2.16. The van der Waals surface area contributed by atoms with Gasteiger partial charge in [-0.1, -0.05) is 12.1 Å². The fourth-order valence-electron chi connectivity index (χ4n) is 1.75. The molecule has 0 radical (unpaired) electrons. The van der Waals surface area contributed by atoms with Crippen molar-refractivity contribution in [2.75, 3.05) is 18.2 Å². The zero-order chi connectivity index (χ0) is 13.8. The molecule has 0 bridgehead atoms. The highest BCUT2D eigenvalue weighted by Crippen LogP contribution is 2.25. The molecule has 5 nitrogen and oxygen atoms in total. The molecule has 0 atom stereocenters. The molecule has 3 N–H and O–H groups in total. The number of pyridine rings is 1. The number of aromatic nitrogens is 1. The highest BCUT2D eigenvalue weighted by Gasteiger charge is 2.16. The van der Waals surface area contributed by atoms with Crippen molar-refractivity contribution in [1.82, 2.24) is 4.98 Å². The maximum Gasteiger partial charge on any atom is 0.262 e. The van der Waals surface area contributed by atoms with E-state index in [4.69, 9.17) is 10.5 Å². The lowest BCUT2D eigenvalue weighted by Gasteiger charge is -2.12. The number of ether oxygens (including phenoxy) is 1. The van der Waals surface area contributed by atoms with Crippen LogP contribution in [-0.2, 0) is 0 Å². The molecule has 0 spiro atoms. The van der Waals surface area contributed by atoms with Crippen LogP contribution in [0.25, 0.3) is 0 Å². The first-order chi connectivity index (χ1) is 9.13. The Morgan fingerprint density at radius 2 is 2.11 bits per heavy atom. The van der Waals surface area contributed by atoms with E-state index in [0.717, 1.165) is 5.56 Å². The molecule has 1 aromatic heterocycles. The van der Waals surface area contributed by atoms with E-state index in [-0.39, 0.29) is 5.91 Å². The van der Waals surface area contributed by atoms with Crippen molar-refractivity contribution in [3.63, 3.8) is 0 Å². The third kappa shape index (κ3) is 2.65. The number of nitrogens with zero attached hydrogens (tertiary/aromatic N) is 1. The van der Waals surface area contributed by atoms with Gasteiger partial charge < -0.3 is 15.8 Å². The van der Waals surface area contributed by atoms with Gasteiger partial charge in [-0.15, -0.1) is 0 Å². The van der Waals surface area contributed by atoms with Crippen LogP contribution in [0.2, 0.25) is 0 Å². The lowest BCUT2D eigenvalue weighted by atomic mass is 10.1. The van der Waals surface area contributed by atoms with Crippen LogP contribution in [0.1, 0.15) is 15.9 Å². The molecule has 5 heteroatoms. The number of methoxy groups -OCH3 is 1. The van der Waals surface area contributed by atoms with Crippen LogP contribution in [0.5, 0.6) is 5.75 Å². The molecule has 0 unspecified atom stereocenters. The Hall–Kier alpha value is -2.56. The Labute approximate surface area is 111 Å². The quantitative estimate of drug-likeness (QED) is 0.827. The van der Waals surface area contributed by atoms with E-state index in [0.29, 0.717) is 22.8 Å². The highest BCUT2D eigenvalue weighted by atomic mass is 16.5. The van der Waals surface area contributed by atoms with Gasteiger partial charge in [0.2, 0.25) is 0 Å². The van der Waals surface area contributed by atoms with E-state index in [1.807, 2.05) is 19.1 Å². The number of anilines is 2. The molecule has 0 saturated carbocycles. The van der Waals surface area contributed by atoms with Crippen molar-refractivity contribution >= 4 is 17.4 Å². The zero-order valence-electron chi connectivity index (χ0n) is 10.8. The second kappa shape index (κ2) is 5.39. The first-order valence-electron chi connectivity index (χ1n) is 5.79. The molecular formula is C14H15N3O2. The number of nitrogens with one attached hydrogen (secondary N) is 1. The van der Waals surface area contributed by atoms with E-state index in [1.165, 1.54) is 7.11 Å². The van der Waals surface area contributed by atoms with Crippen molar-refractivity contribution in [1.29, 1.82) is 0 Å². The van der Waals surface area contributed by atoms with Crippen molar-refractivity contribution in [3.05, 3.63) is 47.7 Å². The Bertz CT molecular complexity index is 611. The van der Waals surface area contributed by atoms with Crippen LogP contribution in [-0.4, -0.2) is 18.0 Å². The summed E-state index contributed by atoms with van der Waals surface area (Å²) in [5.74, 6) is 0.612. The van der Waals surface area contributed by atoms with Gasteiger partial charge in [0, 0.05) is 11.9 Å². The average molecular weight is 257 g/mol. The van der Waals surface area contributed by atoms with Gasteiger partial charge in [-0.25, -0.2) is 4.98 Å². The molecule has 2 aromatic rings. The van der Waals surface area contributed by atoms with Gasteiger partial charge in [0.05, 0.1) is 7.11 Å². The first-order valence-corrected chi connectivity index (χ1v) is 5.79. The van der Waals surface area contributed by atoms with Gasteiger partial charge in [0.1, 0.15) is 17.1 Å². The molecule has 1 amide bonds. The molecule has 2 rings (SSSR count). The maximum atomic E-state index is 12.3. The number of hydrogen-bond acceptors (Lipinski definition) is 4. The van der Waals surface area contributed by atoms with Gasteiger partial charge in [0.15, 0.2) is 0 Å². The summed E-state index contributed by atoms with van der Waals surface area (Å²) in [4.78, 5) is 16.4. The van der Waals surface area contributed by atoms with Gasteiger partial charge in [-0.05, 0) is 30.7 Å². The number of rotatable bonds is 3. The van der Waals surface area contributed by atoms with Gasteiger partial charge in [-0.2, -0.15) is 0 Å².